The highest BCUT2D eigenvalue weighted by atomic mass is 19.1. The topological polar surface area (TPSA) is 91.6 Å². The summed E-state index contributed by atoms with van der Waals surface area (Å²) in [6.45, 7) is 1.91. The molecule has 0 saturated carbocycles. The first kappa shape index (κ1) is 14.6. The van der Waals surface area contributed by atoms with Gasteiger partial charge < -0.3 is 20.2 Å². The summed E-state index contributed by atoms with van der Waals surface area (Å²) in [5.41, 5.74) is -0.697. The molecule has 0 aliphatic carbocycles. The smallest absolute Gasteiger partial charge is 0.340 e. The van der Waals surface area contributed by atoms with Gasteiger partial charge in [-0.15, -0.1) is 0 Å². The van der Waals surface area contributed by atoms with Crippen LogP contribution in [0.15, 0.2) is 34.7 Å². The van der Waals surface area contributed by atoms with Crippen LogP contribution in [-0.4, -0.2) is 17.1 Å². The number of carboxylic acid groups (broad SMARTS) is 1. The number of furan rings is 1. The standard InChI is InChI=1S/C14H13FN2O4/c1-8-5-6-9(21-8)7-16-14(20)17-11-4-2-3-10(15)12(11)13(18)19/h2-6H,7H2,1H3,(H,18,19)(H2,16,17,20). The molecule has 0 spiro atoms. The lowest BCUT2D eigenvalue weighted by Crippen LogP contribution is -2.29. The highest BCUT2D eigenvalue weighted by molar-refractivity contribution is 6.00. The maximum Gasteiger partial charge on any atom is 0.340 e. The molecule has 0 saturated heterocycles. The maximum atomic E-state index is 13.4. The van der Waals surface area contributed by atoms with Crippen LogP contribution in [-0.2, 0) is 6.54 Å². The number of aryl methyl sites for hydroxylation is 1. The Morgan fingerprint density at radius 1 is 1.29 bits per heavy atom. The van der Waals surface area contributed by atoms with E-state index in [9.17, 15) is 14.0 Å². The average Bonchev–Trinajstić information content (AvgIpc) is 2.82. The summed E-state index contributed by atoms with van der Waals surface area (Å²) in [5, 5.41) is 13.7. The van der Waals surface area contributed by atoms with Crippen LogP contribution in [0.3, 0.4) is 0 Å². The second-order valence-electron chi connectivity index (χ2n) is 4.29. The van der Waals surface area contributed by atoms with E-state index in [0.717, 1.165) is 6.07 Å². The molecule has 0 atom stereocenters. The molecule has 0 bridgehead atoms. The molecule has 0 aliphatic heterocycles. The van der Waals surface area contributed by atoms with E-state index in [0.29, 0.717) is 11.5 Å². The van der Waals surface area contributed by atoms with Crippen molar-refractivity contribution in [1.29, 1.82) is 0 Å². The molecule has 0 unspecified atom stereocenters. The van der Waals surface area contributed by atoms with Crippen LogP contribution in [0.5, 0.6) is 0 Å². The first-order valence-electron chi connectivity index (χ1n) is 6.09. The first-order chi connectivity index (χ1) is 9.97. The molecular formula is C14H13FN2O4. The van der Waals surface area contributed by atoms with E-state index in [1.54, 1.807) is 19.1 Å². The Bertz CT molecular complexity index is 681. The lowest BCUT2D eigenvalue weighted by Gasteiger charge is -2.09. The van der Waals surface area contributed by atoms with Gasteiger partial charge in [0, 0.05) is 0 Å². The highest BCUT2D eigenvalue weighted by Gasteiger charge is 2.17. The van der Waals surface area contributed by atoms with E-state index >= 15 is 0 Å². The lowest BCUT2D eigenvalue weighted by molar-refractivity contribution is 0.0693. The molecule has 3 N–H and O–H groups in total. The highest BCUT2D eigenvalue weighted by Crippen LogP contribution is 2.18. The van der Waals surface area contributed by atoms with Crippen LogP contribution in [0.25, 0.3) is 0 Å². The summed E-state index contributed by atoms with van der Waals surface area (Å²) in [5.74, 6) is -1.10. The van der Waals surface area contributed by atoms with Gasteiger partial charge in [0.15, 0.2) is 0 Å². The van der Waals surface area contributed by atoms with Gasteiger partial charge in [-0.2, -0.15) is 0 Å². The largest absolute Gasteiger partial charge is 0.478 e. The van der Waals surface area contributed by atoms with Crippen molar-refractivity contribution in [3.8, 4) is 0 Å². The molecule has 2 aromatic rings. The molecule has 0 fully saturated rings. The minimum Gasteiger partial charge on any atom is -0.478 e. The molecule has 21 heavy (non-hydrogen) atoms. The van der Waals surface area contributed by atoms with Crippen molar-refractivity contribution in [2.75, 3.05) is 5.32 Å². The Morgan fingerprint density at radius 3 is 2.67 bits per heavy atom. The van der Waals surface area contributed by atoms with Crippen molar-refractivity contribution in [2.45, 2.75) is 13.5 Å². The quantitative estimate of drug-likeness (QED) is 0.808. The number of rotatable bonds is 4. The molecule has 2 rings (SSSR count). The zero-order valence-corrected chi connectivity index (χ0v) is 11.1. The van der Waals surface area contributed by atoms with E-state index in [4.69, 9.17) is 9.52 Å². The summed E-state index contributed by atoms with van der Waals surface area (Å²) in [6.07, 6.45) is 0. The number of aromatic carboxylic acids is 1. The first-order valence-corrected chi connectivity index (χ1v) is 6.09. The van der Waals surface area contributed by atoms with Gasteiger partial charge in [-0.25, -0.2) is 14.0 Å². The number of carboxylic acids is 1. The Hall–Kier alpha value is -2.83. The third kappa shape index (κ3) is 3.59. The van der Waals surface area contributed by atoms with E-state index in [-0.39, 0.29) is 12.2 Å². The van der Waals surface area contributed by atoms with Crippen LogP contribution in [0.4, 0.5) is 14.9 Å². The zero-order chi connectivity index (χ0) is 15.4. The lowest BCUT2D eigenvalue weighted by atomic mass is 10.1. The molecular weight excluding hydrogens is 279 g/mol. The van der Waals surface area contributed by atoms with E-state index in [1.165, 1.54) is 12.1 Å². The van der Waals surface area contributed by atoms with Gasteiger partial charge in [-0.05, 0) is 31.2 Å². The van der Waals surface area contributed by atoms with Crippen molar-refractivity contribution < 1.29 is 23.5 Å². The monoisotopic (exact) mass is 292 g/mol. The predicted molar refractivity (Wildman–Crippen MR) is 72.7 cm³/mol. The van der Waals surface area contributed by atoms with Gasteiger partial charge in [-0.1, -0.05) is 6.07 Å². The SMILES string of the molecule is Cc1ccc(CNC(=O)Nc2cccc(F)c2C(=O)O)o1. The number of urea groups is 1. The predicted octanol–water partition coefficient (Wildman–Crippen LogP) is 2.75. The summed E-state index contributed by atoms with van der Waals surface area (Å²) in [4.78, 5) is 22.7. The molecule has 110 valence electrons. The molecule has 1 heterocycles. The van der Waals surface area contributed by atoms with E-state index in [2.05, 4.69) is 10.6 Å². The van der Waals surface area contributed by atoms with Gasteiger partial charge in [0.05, 0.1) is 12.2 Å². The van der Waals surface area contributed by atoms with E-state index < -0.39 is 23.4 Å². The Balaban J connectivity index is 2.03. The third-order valence-corrected chi connectivity index (χ3v) is 2.69. The number of amides is 2. The maximum absolute atomic E-state index is 13.4. The van der Waals surface area contributed by atoms with Gasteiger partial charge in [0.25, 0.3) is 0 Å². The molecule has 0 radical (unpaired) electrons. The van der Waals surface area contributed by atoms with Crippen LogP contribution >= 0.6 is 0 Å². The molecule has 0 aliphatic rings. The molecule has 2 amide bonds. The second kappa shape index (κ2) is 6.08. The Labute approximate surface area is 119 Å². The fraction of sp³-hybridized carbons (Fsp3) is 0.143. The fourth-order valence-corrected chi connectivity index (χ4v) is 1.76. The van der Waals surface area contributed by atoms with Crippen molar-refractivity contribution in [3.63, 3.8) is 0 Å². The number of anilines is 1. The van der Waals surface area contributed by atoms with Crippen molar-refractivity contribution in [2.24, 2.45) is 0 Å². The minimum absolute atomic E-state index is 0.115. The Morgan fingerprint density at radius 2 is 2.05 bits per heavy atom. The number of carbonyl (C=O) groups is 2. The summed E-state index contributed by atoms with van der Waals surface area (Å²) in [7, 11) is 0. The average molecular weight is 292 g/mol. The van der Waals surface area contributed by atoms with Crippen LogP contribution < -0.4 is 10.6 Å². The van der Waals surface area contributed by atoms with Crippen molar-refractivity contribution in [3.05, 3.63) is 53.2 Å². The van der Waals surface area contributed by atoms with Gasteiger partial charge in [-0.3, -0.25) is 0 Å². The van der Waals surface area contributed by atoms with Crippen LogP contribution in [0.2, 0.25) is 0 Å². The van der Waals surface area contributed by atoms with E-state index in [1.807, 2.05) is 0 Å². The number of nitrogens with one attached hydrogen (secondary N) is 2. The Kier molecular flexibility index (Phi) is 4.22. The van der Waals surface area contributed by atoms with Gasteiger partial charge in [0.1, 0.15) is 22.9 Å². The fourth-order valence-electron chi connectivity index (χ4n) is 1.76. The minimum atomic E-state index is -1.45. The number of hydrogen-bond donors (Lipinski definition) is 3. The molecule has 7 heteroatoms. The summed E-state index contributed by atoms with van der Waals surface area (Å²) >= 11 is 0. The summed E-state index contributed by atoms with van der Waals surface area (Å²) < 4.78 is 18.7. The second-order valence-corrected chi connectivity index (χ2v) is 4.29. The van der Waals surface area contributed by atoms with Crippen LogP contribution in [0, 0.1) is 12.7 Å². The van der Waals surface area contributed by atoms with Crippen molar-refractivity contribution in [1.82, 2.24) is 5.32 Å². The van der Waals surface area contributed by atoms with Crippen molar-refractivity contribution >= 4 is 17.7 Å². The normalized spacial score (nSPS) is 10.2. The number of benzene rings is 1. The van der Waals surface area contributed by atoms with Gasteiger partial charge >= 0.3 is 12.0 Å². The zero-order valence-electron chi connectivity index (χ0n) is 11.1. The number of carbonyl (C=O) groups excluding carboxylic acids is 1. The van der Waals surface area contributed by atoms with Crippen LogP contribution in [0.1, 0.15) is 21.9 Å². The molecule has 6 nitrogen and oxygen atoms in total. The molecule has 1 aromatic heterocycles. The summed E-state index contributed by atoms with van der Waals surface area (Å²) in [6, 6.07) is 6.44. The third-order valence-electron chi connectivity index (χ3n) is 2.69. The number of halogens is 1. The molecule has 1 aromatic carbocycles. The number of hydrogen-bond acceptors (Lipinski definition) is 3. The van der Waals surface area contributed by atoms with Gasteiger partial charge in [0.2, 0.25) is 0 Å².